The van der Waals surface area contributed by atoms with Crippen LogP contribution in [0.15, 0.2) is 65.6 Å². The predicted molar refractivity (Wildman–Crippen MR) is 119 cm³/mol. The SMILES string of the molecule is COc1cccc(NC(=O)c2ccc(Cl)c(S(=O)(=O)Nc3ccc(C)cc3C)c2)c1. The number of aryl methyl sites for hydroxylation is 2. The molecule has 8 heteroatoms. The zero-order valence-electron chi connectivity index (χ0n) is 16.7. The third-order valence-electron chi connectivity index (χ3n) is 4.44. The van der Waals surface area contributed by atoms with Crippen molar-refractivity contribution in [3.63, 3.8) is 0 Å². The first kappa shape index (κ1) is 21.7. The molecule has 0 aromatic heterocycles. The lowest BCUT2D eigenvalue weighted by molar-refractivity contribution is 0.102. The molecule has 0 atom stereocenters. The maximum Gasteiger partial charge on any atom is 0.263 e. The van der Waals surface area contributed by atoms with E-state index in [0.29, 0.717) is 17.1 Å². The molecule has 0 saturated heterocycles. The van der Waals surface area contributed by atoms with Gasteiger partial charge in [-0.15, -0.1) is 0 Å². The summed E-state index contributed by atoms with van der Waals surface area (Å²) in [6.07, 6.45) is 0. The summed E-state index contributed by atoms with van der Waals surface area (Å²) in [7, 11) is -2.47. The van der Waals surface area contributed by atoms with Gasteiger partial charge in [-0.05, 0) is 55.8 Å². The van der Waals surface area contributed by atoms with Gasteiger partial charge in [-0.25, -0.2) is 8.42 Å². The zero-order valence-corrected chi connectivity index (χ0v) is 18.3. The summed E-state index contributed by atoms with van der Waals surface area (Å²) in [5.41, 5.74) is 2.92. The molecular weight excluding hydrogens is 424 g/mol. The van der Waals surface area contributed by atoms with Crippen molar-refractivity contribution in [2.24, 2.45) is 0 Å². The molecule has 3 aromatic rings. The maximum absolute atomic E-state index is 12.9. The lowest BCUT2D eigenvalue weighted by Crippen LogP contribution is -2.17. The Morgan fingerprint density at radius 3 is 2.47 bits per heavy atom. The second kappa shape index (κ2) is 8.77. The highest BCUT2D eigenvalue weighted by molar-refractivity contribution is 7.92. The fraction of sp³-hybridized carbons (Fsp3) is 0.136. The summed E-state index contributed by atoms with van der Waals surface area (Å²) in [5.74, 6) is 0.118. The van der Waals surface area contributed by atoms with Gasteiger partial charge in [0.05, 0.1) is 17.8 Å². The Labute approximate surface area is 180 Å². The van der Waals surface area contributed by atoms with Gasteiger partial charge < -0.3 is 10.1 Å². The molecular formula is C22H21ClN2O4S. The minimum absolute atomic E-state index is 0.0187. The van der Waals surface area contributed by atoms with Crippen LogP contribution in [0.3, 0.4) is 0 Å². The van der Waals surface area contributed by atoms with Crippen molar-refractivity contribution >= 4 is 38.9 Å². The van der Waals surface area contributed by atoms with E-state index in [1.165, 1.54) is 25.3 Å². The number of methoxy groups -OCH3 is 1. The predicted octanol–water partition coefficient (Wildman–Crippen LogP) is 5.02. The minimum Gasteiger partial charge on any atom is -0.497 e. The van der Waals surface area contributed by atoms with Gasteiger partial charge in [0, 0.05) is 17.3 Å². The molecule has 0 aliphatic heterocycles. The van der Waals surface area contributed by atoms with Gasteiger partial charge in [0.15, 0.2) is 0 Å². The smallest absolute Gasteiger partial charge is 0.263 e. The summed E-state index contributed by atoms with van der Waals surface area (Å²) in [5, 5.41) is 2.74. The first-order valence-corrected chi connectivity index (χ1v) is 10.9. The van der Waals surface area contributed by atoms with Crippen molar-refractivity contribution in [3.8, 4) is 5.75 Å². The van der Waals surface area contributed by atoms with Crippen LogP contribution in [0.25, 0.3) is 0 Å². The number of amides is 1. The van der Waals surface area contributed by atoms with Crippen LogP contribution in [0.2, 0.25) is 5.02 Å². The fourth-order valence-corrected chi connectivity index (χ4v) is 4.54. The van der Waals surface area contributed by atoms with Gasteiger partial charge in [0.25, 0.3) is 15.9 Å². The quantitative estimate of drug-likeness (QED) is 0.559. The number of sulfonamides is 1. The molecule has 0 spiro atoms. The van der Waals surface area contributed by atoms with Crippen LogP contribution >= 0.6 is 11.6 Å². The molecule has 1 amide bonds. The number of ether oxygens (including phenoxy) is 1. The molecule has 0 fully saturated rings. The second-order valence-electron chi connectivity index (χ2n) is 6.76. The maximum atomic E-state index is 12.9. The van der Waals surface area contributed by atoms with Crippen LogP contribution in [0, 0.1) is 13.8 Å². The number of carbonyl (C=O) groups excluding carboxylic acids is 1. The Morgan fingerprint density at radius 2 is 1.77 bits per heavy atom. The standard InChI is InChI=1S/C22H21ClN2O4S/c1-14-7-10-20(15(2)11-14)25-30(27,28)21-12-16(8-9-19(21)23)22(26)24-17-5-4-6-18(13-17)29-3/h4-13,25H,1-3H3,(H,24,26). The minimum atomic E-state index is -4.00. The number of halogens is 1. The van der Waals surface area contributed by atoms with Crippen LogP contribution in [-0.2, 0) is 10.0 Å². The van der Waals surface area contributed by atoms with Crippen LogP contribution < -0.4 is 14.8 Å². The van der Waals surface area contributed by atoms with Crippen molar-refractivity contribution in [3.05, 3.63) is 82.4 Å². The molecule has 3 rings (SSSR count). The van der Waals surface area contributed by atoms with Crippen LogP contribution in [0.5, 0.6) is 5.75 Å². The van der Waals surface area contributed by atoms with Crippen molar-refractivity contribution in [2.45, 2.75) is 18.7 Å². The van der Waals surface area contributed by atoms with E-state index in [9.17, 15) is 13.2 Å². The van der Waals surface area contributed by atoms with Crippen LogP contribution in [0.1, 0.15) is 21.5 Å². The molecule has 6 nitrogen and oxygen atoms in total. The lowest BCUT2D eigenvalue weighted by Gasteiger charge is -2.13. The molecule has 0 aliphatic carbocycles. The Morgan fingerprint density at radius 1 is 1.00 bits per heavy atom. The summed E-state index contributed by atoms with van der Waals surface area (Å²) in [4.78, 5) is 12.5. The highest BCUT2D eigenvalue weighted by Crippen LogP contribution is 2.27. The van der Waals surface area contributed by atoms with Crippen LogP contribution in [-0.4, -0.2) is 21.4 Å². The van der Waals surface area contributed by atoms with E-state index in [4.69, 9.17) is 16.3 Å². The van der Waals surface area contributed by atoms with Crippen molar-refractivity contribution in [1.29, 1.82) is 0 Å². The molecule has 0 aliphatic rings. The van der Waals surface area contributed by atoms with Gasteiger partial charge in [0.2, 0.25) is 0 Å². The van der Waals surface area contributed by atoms with E-state index in [2.05, 4.69) is 10.0 Å². The van der Waals surface area contributed by atoms with Crippen molar-refractivity contribution < 1.29 is 17.9 Å². The molecule has 0 saturated carbocycles. The van der Waals surface area contributed by atoms with E-state index in [1.54, 1.807) is 30.3 Å². The van der Waals surface area contributed by atoms with Crippen LogP contribution in [0.4, 0.5) is 11.4 Å². The highest BCUT2D eigenvalue weighted by atomic mass is 35.5. The Kier molecular flexibility index (Phi) is 6.34. The first-order chi connectivity index (χ1) is 14.2. The molecule has 3 aromatic carbocycles. The van der Waals surface area contributed by atoms with Gasteiger partial charge in [-0.3, -0.25) is 9.52 Å². The Bertz CT molecular complexity index is 1210. The lowest BCUT2D eigenvalue weighted by atomic mass is 10.1. The van der Waals surface area contributed by atoms with E-state index in [1.807, 2.05) is 26.0 Å². The number of hydrogen-bond acceptors (Lipinski definition) is 4. The number of carbonyl (C=O) groups is 1. The normalized spacial score (nSPS) is 11.1. The average molecular weight is 445 g/mol. The van der Waals surface area contributed by atoms with Crippen molar-refractivity contribution in [2.75, 3.05) is 17.1 Å². The molecule has 30 heavy (non-hydrogen) atoms. The number of benzene rings is 3. The number of hydrogen-bond donors (Lipinski definition) is 2. The van der Waals surface area contributed by atoms with Crippen molar-refractivity contribution in [1.82, 2.24) is 0 Å². The molecule has 0 radical (unpaired) electrons. The topological polar surface area (TPSA) is 84.5 Å². The van der Waals surface area contributed by atoms with E-state index < -0.39 is 15.9 Å². The molecule has 0 heterocycles. The van der Waals surface area contributed by atoms with E-state index in [0.717, 1.165) is 11.1 Å². The highest BCUT2D eigenvalue weighted by Gasteiger charge is 2.21. The van der Waals surface area contributed by atoms with Gasteiger partial charge >= 0.3 is 0 Å². The monoisotopic (exact) mass is 444 g/mol. The third-order valence-corrected chi connectivity index (χ3v) is 6.28. The largest absolute Gasteiger partial charge is 0.497 e. The summed E-state index contributed by atoms with van der Waals surface area (Å²) >= 11 is 6.15. The molecule has 0 bridgehead atoms. The molecule has 0 unspecified atom stereocenters. The summed E-state index contributed by atoms with van der Waals surface area (Å²) in [6, 6.07) is 16.3. The zero-order chi connectivity index (χ0) is 21.9. The average Bonchev–Trinajstić information content (AvgIpc) is 2.70. The first-order valence-electron chi connectivity index (χ1n) is 9.04. The Hall–Kier alpha value is -3.03. The second-order valence-corrected chi connectivity index (χ2v) is 8.81. The van der Waals surface area contributed by atoms with Gasteiger partial charge in [0.1, 0.15) is 10.6 Å². The Balaban J connectivity index is 1.89. The van der Waals surface area contributed by atoms with Gasteiger partial charge in [-0.2, -0.15) is 0 Å². The van der Waals surface area contributed by atoms with Gasteiger partial charge in [-0.1, -0.05) is 35.4 Å². The number of anilines is 2. The van der Waals surface area contributed by atoms with E-state index in [-0.39, 0.29) is 15.5 Å². The fourth-order valence-electron chi connectivity index (χ4n) is 2.88. The molecule has 156 valence electrons. The summed E-state index contributed by atoms with van der Waals surface area (Å²) < 4.78 is 33.5. The third kappa shape index (κ3) is 4.93. The molecule has 2 N–H and O–H groups in total. The van der Waals surface area contributed by atoms with E-state index >= 15 is 0 Å². The number of rotatable bonds is 6. The summed E-state index contributed by atoms with van der Waals surface area (Å²) in [6.45, 7) is 3.73. The number of nitrogens with one attached hydrogen (secondary N) is 2.